The number of carbonyl (C=O) groups excluding carboxylic acids is 3. The van der Waals surface area contributed by atoms with E-state index >= 15 is 0 Å². The summed E-state index contributed by atoms with van der Waals surface area (Å²) in [5.74, 6) is -0.788. The Morgan fingerprint density at radius 1 is 0.839 bits per heavy atom. The smallest absolute Gasteiger partial charge is 0.291 e. The van der Waals surface area contributed by atoms with E-state index in [-0.39, 0.29) is 11.7 Å². The molecule has 1 aliphatic heterocycles. The van der Waals surface area contributed by atoms with Gasteiger partial charge >= 0.3 is 0 Å². The minimum atomic E-state index is -0.413. The van der Waals surface area contributed by atoms with E-state index in [9.17, 15) is 14.4 Å². The van der Waals surface area contributed by atoms with Gasteiger partial charge in [0.2, 0.25) is 0 Å². The van der Waals surface area contributed by atoms with Crippen molar-refractivity contribution < 1.29 is 23.5 Å². The summed E-state index contributed by atoms with van der Waals surface area (Å²) in [6, 6.07) is 16.6. The highest BCUT2D eigenvalue weighted by Crippen LogP contribution is 2.20. The van der Waals surface area contributed by atoms with Crippen LogP contribution in [0, 0.1) is 0 Å². The predicted octanol–water partition coefficient (Wildman–Crippen LogP) is 3.26. The van der Waals surface area contributed by atoms with Crippen molar-refractivity contribution in [3.8, 4) is 0 Å². The van der Waals surface area contributed by atoms with E-state index in [1.165, 1.54) is 6.26 Å². The highest BCUT2D eigenvalue weighted by molar-refractivity contribution is 6.10. The van der Waals surface area contributed by atoms with Gasteiger partial charge in [-0.1, -0.05) is 18.2 Å². The summed E-state index contributed by atoms with van der Waals surface area (Å²) in [6.45, 7) is 2.02. The summed E-state index contributed by atoms with van der Waals surface area (Å²) in [6.07, 6.45) is 1.41. The lowest BCUT2D eigenvalue weighted by molar-refractivity contribution is 0.0303. The fourth-order valence-corrected chi connectivity index (χ4v) is 3.25. The Kier molecular flexibility index (Phi) is 6.09. The van der Waals surface area contributed by atoms with Crippen LogP contribution in [0.5, 0.6) is 0 Å². The van der Waals surface area contributed by atoms with Crippen LogP contribution in [-0.2, 0) is 4.74 Å². The molecule has 8 nitrogen and oxygen atoms in total. The number of hydrogen-bond donors (Lipinski definition) is 2. The summed E-state index contributed by atoms with van der Waals surface area (Å²) in [7, 11) is 0. The van der Waals surface area contributed by atoms with Gasteiger partial charge in [0.25, 0.3) is 17.7 Å². The van der Waals surface area contributed by atoms with Crippen LogP contribution in [0.25, 0.3) is 0 Å². The average Bonchev–Trinajstić information content (AvgIpc) is 3.35. The van der Waals surface area contributed by atoms with Gasteiger partial charge in [0.1, 0.15) is 0 Å². The summed E-state index contributed by atoms with van der Waals surface area (Å²) < 4.78 is 10.4. The highest BCUT2D eigenvalue weighted by atomic mass is 16.5. The molecule has 2 aromatic carbocycles. The first-order chi connectivity index (χ1) is 15.1. The zero-order chi connectivity index (χ0) is 21.6. The number of furan rings is 1. The standard InChI is InChI=1S/C23H21N3O5/c27-21(16-5-3-6-17(15-16)24-22(28)20-9-4-12-31-20)25-19-8-2-1-7-18(19)23(29)26-10-13-30-14-11-26/h1-9,12,15H,10-11,13-14H2,(H,24,28)(H,25,27). The van der Waals surface area contributed by atoms with Crippen LogP contribution >= 0.6 is 0 Å². The van der Waals surface area contributed by atoms with Gasteiger partial charge in [0.05, 0.1) is 30.7 Å². The number of nitrogens with one attached hydrogen (secondary N) is 2. The van der Waals surface area contributed by atoms with E-state index < -0.39 is 11.8 Å². The van der Waals surface area contributed by atoms with Gasteiger partial charge in [0, 0.05) is 24.3 Å². The molecule has 0 aliphatic carbocycles. The normalized spacial score (nSPS) is 13.5. The number of benzene rings is 2. The van der Waals surface area contributed by atoms with E-state index in [1.54, 1.807) is 65.6 Å². The van der Waals surface area contributed by atoms with E-state index in [1.807, 2.05) is 0 Å². The molecule has 2 heterocycles. The predicted molar refractivity (Wildman–Crippen MR) is 114 cm³/mol. The first-order valence-corrected chi connectivity index (χ1v) is 9.84. The minimum Gasteiger partial charge on any atom is -0.459 e. The highest BCUT2D eigenvalue weighted by Gasteiger charge is 2.22. The van der Waals surface area contributed by atoms with Crippen molar-refractivity contribution in [3.63, 3.8) is 0 Å². The van der Waals surface area contributed by atoms with Gasteiger partial charge in [0.15, 0.2) is 5.76 Å². The lowest BCUT2D eigenvalue weighted by atomic mass is 10.1. The zero-order valence-electron chi connectivity index (χ0n) is 16.7. The maximum atomic E-state index is 12.9. The minimum absolute atomic E-state index is 0.154. The third-order valence-corrected chi connectivity index (χ3v) is 4.83. The van der Waals surface area contributed by atoms with Gasteiger partial charge in [-0.05, 0) is 42.5 Å². The van der Waals surface area contributed by atoms with Crippen LogP contribution in [0.4, 0.5) is 11.4 Å². The van der Waals surface area contributed by atoms with Crippen molar-refractivity contribution in [2.24, 2.45) is 0 Å². The summed E-state index contributed by atoms with van der Waals surface area (Å²) in [5.41, 5.74) is 1.63. The molecule has 3 aromatic rings. The van der Waals surface area contributed by atoms with Crippen LogP contribution in [-0.4, -0.2) is 48.9 Å². The van der Waals surface area contributed by atoms with Crippen LogP contribution in [0.15, 0.2) is 71.3 Å². The molecule has 1 saturated heterocycles. The Bertz CT molecular complexity index is 1090. The first-order valence-electron chi connectivity index (χ1n) is 9.84. The van der Waals surface area contributed by atoms with Crippen molar-refractivity contribution in [1.82, 2.24) is 4.90 Å². The maximum Gasteiger partial charge on any atom is 0.291 e. The number of carbonyl (C=O) groups is 3. The monoisotopic (exact) mass is 419 g/mol. The molecule has 0 radical (unpaired) electrons. The number of nitrogens with zero attached hydrogens (tertiary/aromatic N) is 1. The van der Waals surface area contributed by atoms with Crippen molar-refractivity contribution in [3.05, 3.63) is 83.8 Å². The first kappa shape index (κ1) is 20.4. The summed E-state index contributed by atoms with van der Waals surface area (Å²) >= 11 is 0. The molecule has 3 amide bonds. The van der Waals surface area contributed by atoms with Gasteiger partial charge in [-0.3, -0.25) is 14.4 Å². The lowest BCUT2D eigenvalue weighted by Gasteiger charge is -2.27. The van der Waals surface area contributed by atoms with Crippen molar-refractivity contribution >= 4 is 29.1 Å². The van der Waals surface area contributed by atoms with Gasteiger partial charge in [-0.25, -0.2) is 0 Å². The summed E-state index contributed by atoms with van der Waals surface area (Å²) in [4.78, 5) is 39.6. The molecule has 0 saturated carbocycles. The van der Waals surface area contributed by atoms with Crippen molar-refractivity contribution in [2.75, 3.05) is 36.9 Å². The number of amides is 3. The van der Waals surface area contributed by atoms with Gasteiger partial charge in [-0.2, -0.15) is 0 Å². The Balaban J connectivity index is 1.49. The second-order valence-corrected chi connectivity index (χ2v) is 6.92. The molecule has 4 rings (SSSR count). The van der Waals surface area contributed by atoms with Crippen LogP contribution in [0.1, 0.15) is 31.3 Å². The van der Waals surface area contributed by atoms with Gasteiger partial charge in [-0.15, -0.1) is 0 Å². The van der Waals surface area contributed by atoms with E-state index in [0.717, 1.165) is 0 Å². The Morgan fingerprint density at radius 2 is 1.65 bits per heavy atom. The third kappa shape index (κ3) is 4.81. The fourth-order valence-electron chi connectivity index (χ4n) is 3.25. The number of anilines is 2. The topological polar surface area (TPSA) is 101 Å². The molecule has 1 aromatic heterocycles. The number of morpholine rings is 1. The van der Waals surface area contributed by atoms with E-state index in [2.05, 4.69) is 10.6 Å². The van der Waals surface area contributed by atoms with E-state index in [0.29, 0.717) is 48.8 Å². The maximum absolute atomic E-state index is 12.9. The molecular weight excluding hydrogens is 398 g/mol. The number of ether oxygens (including phenoxy) is 1. The number of rotatable bonds is 5. The molecule has 8 heteroatoms. The molecule has 31 heavy (non-hydrogen) atoms. The quantitative estimate of drug-likeness (QED) is 0.661. The molecule has 1 aliphatic rings. The Hall–Kier alpha value is -3.91. The molecule has 0 spiro atoms. The second-order valence-electron chi connectivity index (χ2n) is 6.92. The van der Waals surface area contributed by atoms with Crippen LogP contribution in [0.3, 0.4) is 0 Å². The largest absolute Gasteiger partial charge is 0.459 e. The zero-order valence-corrected chi connectivity index (χ0v) is 16.7. The molecule has 0 atom stereocenters. The molecular formula is C23H21N3O5. The number of para-hydroxylation sites is 1. The molecule has 158 valence electrons. The number of hydrogen-bond acceptors (Lipinski definition) is 5. The average molecular weight is 419 g/mol. The Morgan fingerprint density at radius 3 is 2.42 bits per heavy atom. The molecule has 0 unspecified atom stereocenters. The van der Waals surface area contributed by atoms with Gasteiger partial charge < -0.3 is 24.7 Å². The van der Waals surface area contributed by atoms with E-state index in [4.69, 9.17) is 9.15 Å². The lowest BCUT2D eigenvalue weighted by Crippen LogP contribution is -2.41. The van der Waals surface area contributed by atoms with Crippen molar-refractivity contribution in [2.45, 2.75) is 0 Å². The van der Waals surface area contributed by atoms with Crippen LogP contribution in [0.2, 0.25) is 0 Å². The van der Waals surface area contributed by atoms with Crippen molar-refractivity contribution in [1.29, 1.82) is 0 Å². The van der Waals surface area contributed by atoms with Crippen LogP contribution < -0.4 is 10.6 Å². The summed E-state index contributed by atoms with van der Waals surface area (Å²) in [5, 5.41) is 5.50. The second kappa shape index (κ2) is 9.27. The molecule has 1 fully saturated rings. The molecule has 2 N–H and O–H groups in total. The fraction of sp³-hybridized carbons (Fsp3) is 0.174. The third-order valence-electron chi connectivity index (χ3n) is 4.83. The molecule has 0 bridgehead atoms. The Labute approximate surface area is 178 Å². The SMILES string of the molecule is O=C(Nc1ccccc1C(=O)N1CCOCC1)c1cccc(NC(=O)c2ccco2)c1.